The van der Waals surface area contributed by atoms with Crippen molar-refractivity contribution in [3.63, 3.8) is 0 Å². The SMILES string of the molecule is COc1ccc(C(C)C)cc1S(=O)(=O)N(C)CC(=O)Nc1ccccc1SC. The van der Waals surface area contributed by atoms with Crippen molar-refractivity contribution in [3.8, 4) is 5.75 Å². The Hall–Kier alpha value is -2.03. The van der Waals surface area contributed by atoms with Gasteiger partial charge in [0.2, 0.25) is 15.9 Å². The largest absolute Gasteiger partial charge is 0.495 e. The summed E-state index contributed by atoms with van der Waals surface area (Å²) >= 11 is 1.50. The maximum atomic E-state index is 13.1. The van der Waals surface area contributed by atoms with E-state index in [1.54, 1.807) is 18.2 Å². The van der Waals surface area contributed by atoms with Crippen molar-refractivity contribution in [1.29, 1.82) is 0 Å². The molecule has 2 aromatic rings. The number of nitrogens with zero attached hydrogens (tertiary/aromatic N) is 1. The van der Waals surface area contributed by atoms with Gasteiger partial charge in [-0.15, -0.1) is 11.8 Å². The Balaban J connectivity index is 2.24. The summed E-state index contributed by atoms with van der Waals surface area (Å²) < 4.78 is 32.4. The number of carbonyl (C=O) groups excluding carboxylic acids is 1. The lowest BCUT2D eigenvalue weighted by Crippen LogP contribution is -2.35. The Kier molecular flexibility index (Phi) is 7.51. The minimum Gasteiger partial charge on any atom is -0.495 e. The van der Waals surface area contributed by atoms with E-state index in [0.717, 1.165) is 14.8 Å². The topological polar surface area (TPSA) is 75.7 Å². The fourth-order valence-corrected chi connectivity index (χ4v) is 4.51. The first-order chi connectivity index (χ1) is 13.2. The zero-order valence-corrected chi connectivity index (χ0v) is 18.4. The first kappa shape index (κ1) is 22.3. The molecule has 8 heteroatoms. The second-order valence-electron chi connectivity index (χ2n) is 6.57. The monoisotopic (exact) mass is 422 g/mol. The Labute approximate surface area is 171 Å². The molecule has 0 aliphatic carbocycles. The molecular formula is C20H26N2O4S2. The van der Waals surface area contributed by atoms with Crippen LogP contribution in [-0.2, 0) is 14.8 Å². The van der Waals surface area contributed by atoms with Crippen molar-refractivity contribution < 1.29 is 17.9 Å². The van der Waals surface area contributed by atoms with Crippen LogP contribution in [0.15, 0.2) is 52.3 Å². The summed E-state index contributed by atoms with van der Waals surface area (Å²) in [6.45, 7) is 3.66. The highest BCUT2D eigenvalue weighted by molar-refractivity contribution is 7.98. The van der Waals surface area contributed by atoms with E-state index in [9.17, 15) is 13.2 Å². The van der Waals surface area contributed by atoms with Crippen molar-refractivity contribution in [3.05, 3.63) is 48.0 Å². The number of carbonyl (C=O) groups is 1. The summed E-state index contributed by atoms with van der Waals surface area (Å²) in [6.07, 6.45) is 1.91. The number of rotatable bonds is 8. The number of anilines is 1. The summed E-state index contributed by atoms with van der Waals surface area (Å²) in [6, 6.07) is 12.5. The number of sulfonamides is 1. The van der Waals surface area contributed by atoms with Gasteiger partial charge < -0.3 is 10.1 Å². The number of hydrogen-bond acceptors (Lipinski definition) is 5. The van der Waals surface area contributed by atoms with E-state index in [0.29, 0.717) is 5.69 Å². The number of nitrogens with one attached hydrogen (secondary N) is 1. The number of thioether (sulfide) groups is 1. The number of methoxy groups -OCH3 is 1. The first-order valence-electron chi connectivity index (χ1n) is 8.77. The van der Waals surface area contributed by atoms with Crippen molar-refractivity contribution in [2.24, 2.45) is 0 Å². The van der Waals surface area contributed by atoms with Crippen molar-refractivity contribution in [1.82, 2.24) is 4.31 Å². The molecule has 0 heterocycles. The molecule has 0 aliphatic heterocycles. The molecule has 0 atom stereocenters. The fourth-order valence-electron chi connectivity index (χ4n) is 2.65. The number of ether oxygens (including phenoxy) is 1. The molecule has 0 unspecified atom stereocenters. The Morgan fingerprint density at radius 3 is 2.50 bits per heavy atom. The first-order valence-corrected chi connectivity index (χ1v) is 11.4. The van der Waals surface area contributed by atoms with Crippen LogP contribution < -0.4 is 10.1 Å². The van der Waals surface area contributed by atoms with Crippen molar-refractivity contribution in [2.45, 2.75) is 29.6 Å². The van der Waals surface area contributed by atoms with E-state index < -0.39 is 15.9 Å². The summed E-state index contributed by atoms with van der Waals surface area (Å²) in [7, 11) is -1.09. The molecule has 0 bridgehead atoms. The standard InChI is InChI=1S/C20H26N2O4S2/c1-14(2)15-10-11-17(26-4)19(12-15)28(24,25)22(3)13-20(23)21-16-8-6-7-9-18(16)27-5/h6-12,14H,13H2,1-5H3,(H,21,23). The highest BCUT2D eigenvalue weighted by Gasteiger charge is 2.27. The van der Waals surface area contributed by atoms with Crippen molar-refractivity contribution in [2.75, 3.05) is 32.3 Å². The van der Waals surface area contributed by atoms with Gasteiger partial charge in [0.25, 0.3) is 0 Å². The maximum absolute atomic E-state index is 13.1. The highest BCUT2D eigenvalue weighted by atomic mass is 32.2. The number of hydrogen-bond donors (Lipinski definition) is 1. The molecular weight excluding hydrogens is 396 g/mol. The van der Waals surface area contributed by atoms with Gasteiger partial charge in [-0.05, 0) is 42.0 Å². The molecule has 28 heavy (non-hydrogen) atoms. The molecule has 0 saturated carbocycles. The van der Waals surface area contributed by atoms with Crippen LogP contribution in [0.4, 0.5) is 5.69 Å². The average Bonchev–Trinajstić information content (AvgIpc) is 2.67. The van der Waals surface area contributed by atoms with Gasteiger partial charge in [0, 0.05) is 11.9 Å². The van der Waals surface area contributed by atoms with E-state index in [1.807, 2.05) is 44.4 Å². The normalized spacial score (nSPS) is 11.7. The predicted octanol–water partition coefficient (Wildman–Crippen LogP) is 3.80. The van der Waals surface area contributed by atoms with Gasteiger partial charge in [-0.2, -0.15) is 4.31 Å². The van der Waals surface area contributed by atoms with Gasteiger partial charge >= 0.3 is 0 Å². The summed E-state index contributed by atoms with van der Waals surface area (Å²) in [5.74, 6) is 0.00690. The smallest absolute Gasteiger partial charge is 0.246 e. The van der Waals surface area contributed by atoms with E-state index >= 15 is 0 Å². The van der Waals surface area contributed by atoms with E-state index in [1.165, 1.54) is 25.9 Å². The number of likely N-dealkylation sites (N-methyl/N-ethyl adjacent to an activating group) is 1. The maximum Gasteiger partial charge on any atom is 0.246 e. The summed E-state index contributed by atoms with van der Waals surface area (Å²) in [5, 5.41) is 2.78. The summed E-state index contributed by atoms with van der Waals surface area (Å²) in [5.41, 5.74) is 1.54. The quantitative estimate of drug-likeness (QED) is 0.655. The second-order valence-corrected chi connectivity index (χ2v) is 9.44. The van der Waals surface area contributed by atoms with Crippen molar-refractivity contribution >= 4 is 33.4 Å². The van der Waals surface area contributed by atoms with Crippen LogP contribution in [0.1, 0.15) is 25.3 Å². The van der Waals surface area contributed by atoms with Gasteiger partial charge in [0.1, 0.15) is 10.6 Å². The molecule has 6 nitrogen and oxygen atoms in total. The lowest BCUT2D eigenvalue weighted by Gasteiger charge is -2.20. The van der Waals surface area contributed by atoms with Crippen LogP contribution in [0.2, 0.25) is 0 Å². The van der Waals surface area contributed by atoms with Gasteiger partial charge in [-0.25, -0.2) is 8.42 Å². The third-order valence-corrected chi connectivity index (χ3v) is 6.91. The zero-order chi connectivity index (χ0) is 20.9. The third-order valence-electron chi connectivity index (χ3n) is 4.29. The van der Waals surface area contributed by atoms with E-state index in [4.69, 9.17) is 4.74 Å². The van der Waals surface area contributed by atoms with Gasteiger partial charge in [-0.1, -0.05) is 32.0 Å². The molecule has 0 fully saturated rings. The molecule has 1 amide bonds. The third kappa shape index (κ3) is 5.06. The Bertz CT molecular complexity index is 943. The lowest BCUT2D eigenvalue weighted by atomic mass is 10.0. The number of para-hydroxylation sites is 1. The van der Waals surface area contributed by atoms with Crippen LogP contribution >= 0.6 is 11.8 Å². The fraction of sp³-hybridized carbons (Fsp3) is 0.350. The minimum absolute atomic E-state index is 0.0565. The van der Waals surface area contributed by atoms with E-state index in [2.05, 4.69) is 5.32 Å². The minimum atomic E-state index is -3.90. The number of benzene rings is 2. The predicted molar refractivity (Wildman–Crippen MR) is 114 cm³/mol. The van der Waals surface area contributed by atoms with Crippen LogP contribution in [0.3, 0.4) is 0 Å². The molecule has 0 saturated heterocycles. The second kappa shape index (κ2) is 9.45. The van der Waals surface area contributed by atoms with Gasteiger partial charge in [-0.3, -0.25) is 4.79 Å². The Morgan fingerprint density at radius 1 is 1.21 bits per heavy atom. The zero-order valence-electron chi connectivity index (χ0n) is 16.7. The molecule has 0 radical (unpaired) electrons. The molecule has 0 spiro atoms. The average molecular weight is 423 g/mol. The lowest BCUT2D eigenvalue weighted by molar-refractivity contribution is -0.116. The molecule has 2 rings (SSSR count). The molecule has 1 N–H and O–H groups in total. The summed E-state index contributed by atoms with van der Waals surface area (Å²) in [4.78, 5) is 13.4. The molecule has 152 valence electrons. The highest BCUT2D eigenvalue weighted by Crippen LogP contribution is 2.30. The molecule has 2 aromatic carbocycles. The van der Waals surface area contributed by atoms with Crippen LogP contribution in [0, 0.1) is 0 Å². The van der Waals surface area contributed by atoms with E-state index in [-0.39, 0.29) is 23.1 Å². The molecule has 0 aliphatic rings. The van der Waals surface area contributed by atoms with Gasteiger partial charge in [0.15, 0.2) is 0 Å². The van der Waals surface area contributed by atoms with Gasteiger partial charge in [0.05, 0.1) is 19.3 Å². The Morgan fingerprint density at radius 2 is 1.89 bits per heavy atom. The van der Waals surface area contributed by atoms with Crippen LogP contribution in [0.25, 0.3) is 0 Å². The van der Waals surface area contributed by atoms with Crippen LogP contribution in [0.5, 0.6) is 5.75 Å². The molecule has 0 aromatic heterocycles. The van der Waals surface area contributed by atoms with Crippen LogP contribution in [-0.4, -0.2) is 45.6 Å². The number of amides is 1.